The third-order valence-corrected chi connectivity index (χ3v) is 17.6. The van der Waals surface area contributed by atoms with Crippen molar-refractivity contribution >= 4 is 5.91 Å². The summed E-state index contributed by atoms with van der Waals surface area (Å²) >= 11 is 0. The topological polar surface area (TPSA) is 189 Å². The summed E-state index contributed by atoms with van der Waals surface area (Å²) < 4.78 is 11.2. The second-order valence-corrected chi connectivity index (χ2v) is 25.6. The van der Waals surface area contributed by atoms with Gasteiger partial charge < -0.3 is 50.5 Å². The van der Waals surface area contributed by atoms with Gasteiger partial charge in [-0.15, -0.1) is 0 Å². The number of amides is 1. The zero-order valence-electron chi connectivity index (χ0n) is 55.4. The first-order chi connectivity index (χ1) is 41.7. The van der Waals surface area contributed by atoms with Gasteiger partial charge in [-0.3, -0.25) is 4.79 Å². The van der Waals surface area contributed by atoms with E-state index in [0.29, 0.717) is 19.3 Å². The number of unbranched alkanes of at least 4 members (excludes halogenated alkanes) is 44. The van der Waals surface area contributed by atoms with E-state index >= 15 is 0 Å². The van der Waals surface area contributed by atoms with Crippen molar-refractivity contribution in [2.75, 3.05) is 13.2 Å². The van der Waals surface area contributed by atoms with E-state index in [1.165, 1.54) is 257 Å². The van der Waals surface area contributed by atoms with E-state index in [2.05, 4.69) is 67.8 Å². The predicted molar refractivity (Wildman–Crippen MR) is 358 cm³/mol. The van der Waals surface area contributed by atoms with Crippen molar-refractivity contribution in [2.45, 2.75) is 403 Å². The molecule has 1 amide bonds. The van der Waals surface area contributed by atoms with E-state index < -0.39 is 74.2 Å². The quantitative estimate of drug-likeness (QED) is 0.0215. The van der Waals surface area contributed by atoms with Crippen LogP contribution in [0, 0.1) is 0 Å². The molecular weight excluding hydrogens is 1060 g/mol. The Balaban J connectivity index is 2.22. The lowest BCUT2D eigenvalue weighted by Gasteiger charge is -2.40. The molecule has 85 heavy (non-hydrogen) atoms. The highest BCUT2D eigenvalue weighted by atomic mass is 16.7. The fourth-order valence-electron chi connectivity index (χ4n) is 11.7. The van der Waals surface area contributed by atoms with Gasteiger partial charge in [0, 0.05) is 0 Å². The molecule has 1 aliphatic heterocycles. The van der Waals surface area contributed by atoms with Gasteiger partial charge in [0.15, 0.2) is 6.29 Å². The largest absolute Gasteiger partial charge is 0.394 e. The predicted octanol–water partition coefficient (Wildman–Crippen LogP) is 17.9. The zero-order chi connectivity index (χ0) is 61.7. The van der Waals surface area contributed by atoms with E-state index in [4.69, 9.17) is 9.47 Å². The third kappa shape index (κ3) is 49.5. The summed E-state index contributed by atoms with van der Waals surface area (Å²) in [4.78, 5) is 13.3. The van der Waals surface area contributed by atoms with E-state index in [1.54, 1.807) is 0 Å². The first-order valence-corrected chi connectivity index (χ1v) is 36.5. The van der Waals surface area contributed by atoms with Gasteiger partial charge in [-0.1, -0.05) is 306 Å². The van der Waals surface area contributed by atoms with Gasteiger partial charge in [0.05, 0.1) is 25.4 Å². The van der Waals surface area contributed by atoms with Crippen LogP contribution in [0.4, 0.5) is 0 Å². The maximum Gasteiger partial charge on any atom is 0.249 e. The van der Waals surface area contributed by atoms with Crippen molar-refractivity contribution in [1.29, 1.82) is 0 Å². The molecule has 0 spiro atoms. The number of aliphatic hydroxyl groups is 7. The maximum atomic E-state index is 13.3. The Hall–Kier alpha value is -1.93. The van der Waals surface area contributed by atoms with Crippen LogP contribution in [0.3, 0.4) is 0 Å². The molecule has 0 aliphatic carbocycles. The molecule has 1 fully saturated rings. The van der Waals surface area contributed by atoms with Crippen LogP contribution in [0.15, 0.2) is 48.6 Å². The number of nitrogens with one attached hydrogen (secondary N) is 1. The van der Waals surface area contributed by atoms with E-state index in [-0.39, 0.29) is 12.8 Å². The summed E-state index contributed by atoms with van der Waals surface area (Å²) in [6, 6.07) is -1.20. The van der Waals surface area contributed by atoms with Crippen LogP contribution in [0.1, 0.15) is 348 Å². The van der Waals surface area contributed by atoms with Gasteiger partial charge in [-0.25, -0.2) is 0 Å². The van der Waals surface area contributed by atoms with Crippen LogP contribution >= 0.6 is 0 Å². The van der Waals surface area contributed by atoms with Gasteiger partial charge in [0.2, 0.25) is 5.91 Å². The average Bonchev–Trinajstić information content (AvgIpc) is 3.67. The van der Waals surface area contributed by atoms with E-state index in [9.17, 15) is 40.5 Å². The molecule has 0 aromatic rings. The molecule has 0 bridgehead atoms. The van der Waals surface area contributed by atoms with Gasteiger partial charge >= 0.3 is 0 Å². The van der Waals surface area contributed by atoms with Crippen molar-refractivity contribution in [3.8, 4) is 0 Å². The summed E-state index contributed by atoms with van der Waals surface area (Å²) in [5.41, 5.74) is 0. The Bertz CT molecular complexity index is 1520. The van der Waals surface area contributed by atoms with Crippen molar-refractivity contribution in [3.05, 3.63) is 48.6 Å². The van der Waals surface area contributed by atoms with Gasteiger partial charge in [0.25, 0.3) is 0 Å². The fourth-order valence-corrected chi connectivity index (χ4v) is 11.7. The molecule has 11 nitrogen and oxygen atoms in total. The molecule has 11 heteroatoms. The molecule has 1 heterocycles. The Morgan fingerprint density at radius 3 is 1.05 bits per heavy atom. The molecule has 0 saturated carbocycles. The molecule has 0 aromatic carbocycles. The Kier molecular flexibility index (Phi) is 59.4. The summed E-state index contributed by atoms with van der Waals surface area (Å²) in [6.45, 7) is 3.49. The Morgan fingerprint density at radius 2 is 0.706 bits per heavy atom. The monoisotopic (exact) mass is 1200 g/mol. The highest BCUT2D eigenvalue weighted by Crippen LogP contribution is 2.24. The first kappa shape index (κ1) is 81.1. The normalized spacial score (nSPS) is 19.1. The van der Waals surface area contributed by atoms with Crippen molar-refractivity contribution in [2.24, 2.45) is 0 Å². The Morgan fingerprint density at radius 1 is 0.400 bits per heavy atom. The summed E-state index contributed by atoms with van der Waals surface area (Å²) in [5.74, 6) is -0.708. The van der Waals surface area contributed by atoms with Crippen molar-refractivity contribution in [1.82, 2.24) is 5.32 Å². The molecule has 8 N–H and O–H groups in total. The molecule has 9 atom stereocenters. The lowest BCUT2D eigenvalue weighted by molar-refractivity contribution is -0.303. The molecule has 500 valence electrons. The van der Waals surface area contributed by atoms with Crippen LogP contribution in [-0.4, -0.2) is 110 Å². The number of aliphatic hydroxyl groups excluding tert-OH is 7. The van der Waals surface area contributed by atoms with Crippen LogP contribution in [0.25, 0.3) is 0 Å². The van der Waals surface area contributed by atoms with Gasteiger partial charge in [-0.05, 0) is 89.9 Å². The van der Waals surface area contributed by atoms with E-state index in [1.807, 2.05) is 0 Å². The molecule has 1 aliphatic rings. The number of carbonyl (C=O) groups is 1. The lowest BCUT2D eigenvalue weighted by Crippen LogP contribution is -2.60. The lowest BCUT2D eigenvalue weighted by atomic mass is 9.98. The second kappa shape index (κ2) is 62.3. The van der Waals surface area contributed by atoms with E-state index in [0.717, 1.165) is 44.9 Å². The average molecular weight is 1200 g/mol. The summed E-state index contributed by atoms with van der Waals surface area (Å²) in [7, 11) is 0. The molecule has 9 unspecified atom stereocenters. The molecular formula is C74H139NO10. The molecule has 1 rings (SSSR count). The molecule has 0 aromatic heterocycles. The van der Waals surface area contributed by atoms with Crippen molar-refractivity contribution < 1.29 is 50.0 Å². The van der Waals surface area contributed by atoms with Crippen LogP contribution in [0.2, 0.25) is 0 Å². The summed E-state index contributed by atoms with van der Waals surface area (Å²) in [6.07, 6.45) is 70.6. The minimum atomic E-state index is -1.68. The number of hydrogen-bond acceptors (Lipinski definition) is 10. The van der Waals surface area contributed by atoms with Gasteiger partial charge in [-0.2, -0.15) is 0 Å². The van der Waals surface area contributed by atoms with Crippen LogP contribution < -0.4 is 5.32 Å². The number of allylic oxidation sites excluding steroid dienone is 8. The highest BCUT2D eigenvalue weighted by Gasteiger charge is 2.44. The van der Waals surface area contributed by atoms with Crippen LogP contribution in [0.5, 0.6) is 0 Å². The minimum absolute atomic E-state index is 0.241. The zero-order valence-corrected chi connectivity index (χ0v) is 55.4. The number of rotatable bonds is 64. The molecule has 1 saturated heterocycles. The minimum Gasteiger partial charge on any atom is -0.394 e. The summed E-state index contributed by atoms with van der Waals surface area (Å²) in [5, 5.41) is 76.5. The highest BCUT2D eigenvalue weighted by molar-refractivity contribution is 5.80. The number of hydrogen-bond donors (Lipinski definition) is 8. The number of ether oxygens (including phenoxy) is 2. The molecule has 0 radical (unpaired) electrons. The second-order valence-electron chi connectivity index (χ2n) is 25.6. The fraction of sp³-hybridized carbons (Fsp3) is 0.878. The SMILES string of the molecule is CCCCCCCCCCCCCC/C=C\CCCCCCCCCCCCCCCC(O)C(=O)NC(COC1OC(CO)C(O)C(O)C1O)C(O)C(O)CCC/C=C/CC/C=C/CC/C=C/CCCCCCCCCCCCCCCCCC. The Labute approximate surface area is 523 Å². The van der Waals surface area contributed by atoms with Gasteiger partial charge in [0.1, 0.15) is 36.6 Å². The smallest absolute Gasteiger partial charge is 0.249 e. The number of carbonyl (C=O) groups excluding carboxylic acids is 1. The van der Waals surface area contributed by atoms with Crippen LogP contribution in [-0.2, 0) is 14.3 Å². The standard InChI is InChI=1S/C74H139NO10/c1-3-5-7-9-11-13-15-17-19-21-23-25-27-29-31-33-35-37-39-41-43-45-47-49-51-53-55-57-59-61-66(77)69(79)65(64-84-74-72(82)71(81)70(80)68(63-76)85-74)75-73(83)67(78)62-60-58-56-54-52-50-48-46-44-42-40-38-36-34-32-30-28-26-24-22-20-18-16-14-12-10-8-6-4-2/h30,32,37,39,45,47,53,55,65-72,74,76-82H,3-29,31,33-36,38,40-44,46,48-52,54,56-64H2,1-2H3,(H,75,83)/b32-30-,39-37+,47-45+,55-53+. The third-order valence-electron chi connectivity index (χ3n) is 17.6. The maximum absolute atomic E-state index is 13.3. The van der Waals surface area contributed by atoms with Crippen molar-refractivity contribution in [3.63, 3.8) is 0 Å². The first-order valence-electron chi connectivity index (χ1n) is 36.5.